The van der Waals surface area contributed by atoms with Gasteiger partial charge in [0.05, 0.1) is 16.0 Å². The number of carbonyl (C=O) groups excluding carboxylic acids is 1. The van der Waals surface area contributed by atoms with Gasteiger partial charge in [-0.05, 0) is 17.7 Å². The third kappa shape index (κ3) is 4.50. The predicted molar refractivity (Wildman–Crippen MR) is 127 cm³/mol. The molecule has 1 fully saturated rings. The molecule has 1 amide bonds. The number of rotatable bonds is 5. The van der Waals surface area contributed by atoms with E-state index in [1.54, 1.807) is 23.2 Å². The number of benzene rings is 2. The van der Waals surface area contributed by atoms with Crippen LogP contribution in [0.4, 0.5) is 0 Å². The number of piperazine rings is 1. The lowest BCUT2D eigenvalue weighted by Crippen LogP contribution is -2.51. The Morgan fingerprint density at radius 2 is 1.61 bits per heavy atom. The highest BCUT2D eigenvalue weighted by Crippen LogP contribution is 2.30. The van der Waals surface area contributed by atoms with Crippen LogP contribution in [0.5, 0.6) is 0 Å². The SMILES string of the molecule is O=C(c1nccnc1-c1nc2ccccc2s1)N1CCN(S(=O)(=O)Cc2ccccc2)CC1. The van der Waals surface area contributed by atoms with Crippen LogP contribution in [0.15, 0.2) is 67.0 Å². The summed E-state index contributed by atoms with van der Waals surface area (Å²) < 4.78 is 28.1. The van der Waals surface area contributed by atoms with Crippen molar-refractivity contribution in [2.75, 3.05) is 26.2 Å². The van der Waals surface area contributed by atoms with Crippen molar-refractivity contribution in [3.05, 3.63) is 78.2 Å². The van der Waals surface area contributed by atoms with Crippen molar-refractivity contribution in [2.45, 2.75) is 5.75 Å². The number of fused-ring (bicyclic) bond motifs is 1. The zero-order chi connectivity index (χ0) is 22.8. The highest BCUT2D eigenvalue weighted by molar-refractivity contribution is 7.88. The minimum absolute atomic E-state index is 0.0479. The van der Waals surface area contributed by atoms with Crippen molar-refractivity contribution in [1.82, 2.24) is 24.2 Å². The highest BCUT2D eigenvalue weighted by Gasteiger charge is 2.31. The maximum Gasteiger partial charge on any atom is 0.274 e. The van der Waals surface area contributed by atoms with E-state index in [1.807, 2.05) is 42.5 Å². The molecule has 0 spiro atoms. The van der Waals surface area contributed by atoms with Gasteiger partial charge >= 0.3 is 0 Å². The summed E-state index contributed by atoms with van der Waals surface area (Å²) >= 11 is 1.46. The summed E-state index contributed by atoms with van der Waals surface area (Å²) in [6.45, 7) is 1.08. The fourth-order valence-corrected chi connectivity index (χ4v) is 6.30. The molecular formula is C23H21N5O3S2. The second-order valence-electron chi connectivity index (χ2n) is 7.67. The van der Waals surface area contributed by atoms with E-state index in [0.29, 0.717) is 23.8 Å². The first-order chi connectivity index (χ1) is 16.0. The van der Waals surface area contributed by atoms with Crippen LogP contribution in [0.1, 0.15) is 16.1 Å². The molecule has 4 aromatic rings. The van der Waals surface area contributed by atoms with Gasteiger partial charge in [-0.15, -0.1) is 11.3 Å². The van der Waals surface area contributed by atoms with E-state index in [9.17, 15) is 13.2 Å². The van der Waals surface area contributed by atoms with Gasteiger partial charge in [0.1, 0.15) is 10.7 Å². The van der Waals surface area contributed by atoms with E-state index in [0.717, 1.165) is 15.8 Å². The Kier molecular flexibility index (Phi) is 5.88. The minimum atomic E-state index is -3.46. The van der Waals surface area contributed by atoms with Crippen molar-refractivity contribution < 1.29 is 13.2 Å². The van der Waals surface area contributed by atoms with Gasteiger partial charge in [-0.3, -0.25) is 4.79 Å². The zero-order valence-corrected chi connectivity index (χ0v) is 19.3. The lowest BCUT2D eigenvalue weighted by Gasteiger charge is -2.34. The summed E-state index contributed by atoms with van der Waals surface area (Å²) in [5.74, 6) is -0.314. The largest absolute Gasteiger partial charge is 0.335 e. The Bertz CT molecular complexity index is 1360. The van der Waals surface area contributed by atoms with Crippen molar-refractivity contribution in [3.63, 3.8) is 0 Å². The molecule has 0 radical (unpaired) electrons. The molecule has 8 nitrogen and oxygen atoms in total. The van der Waals surface area contributed by atoms with Gasteiger partial charge in [0.25, 0.3) is 5.91 Å². The Hall–Kier alpha value is -3.21. The number of thiazole rings is 1. The van der Waals surface area contributed by atoms with Crippen LogP contribution in [-0.4, -0.2) is 64.7 Å². The highest BCUT2D eigenvalue weighted by atomic mass is 32.2. The number of amides is 1. The Labute approximate surface area is 195 Å². The lowest BCUT2D eigenvalue weighted by atomic mass is 10.2. The van der Waals surface area contributed by atoms with Gasteiger partial charge in [0, 0.05) is 38.6 Å². The topological polar surface area (TPSA) is 96.4 Å². The number of aromatic nitrogens is 3. The molecule has 168 valence electrons. The number of hydrogen-bond acceptors (Lipinski definition) is 7. The summed E-state index contributed by atoms with van der Waals surface area (Å²) in [5, 5.41) is 0.636. The number of para-hydroxylation sites is 1. The molecular weight excluding hydrogens is 458 g/mol. The predicted octanol–water partition coefficient (Wildman–Crippen LogP) is 3.04. The molecule has 1 aliphatic rings. The van der Waals surface area contributed by atoms with Gasteiger partial charge in [-0.1, -0.05) is 42.5 Å². The molecule has 5 rings (SSSR count). The molecule has 0 saturated carbocycles. The van der Waals surface area contributed by atoms with Crippen molar-refractivity contribution in [3.8, 4) is 10.7 Å². The first kappa shape index (κ1) is 21.6. The third-order valence-electron chi connectivity index (χ3n) is 5.51. The van der Waals surface area contributed by atoms with Crippen molar-refractivity contribution >= 4 is 37.5 Å². The average molecular weight is 480 g/mol. The molecule has 0 aliphatic carbocycles. The van der Waals surface area contributed by atoms with Gasteiger partial charge in [0.15, 0.2) is 5.69 Å². The molecule has 2 aromatic carbocycles. The molecule has 1 aliphatic heterocycles. The van der Waals surface area contributed by atoms with E-state index >= 15 is 0 Å². The number of sulfonamides is 1. The molecule has 0 N–H and O–H groups in total. The molecule has 0 unspecified atom stereocenters. The molecule has 10 heteroatoms. The molecule has 3 heterocycles. The van der Waals surface area contributed by atoms with E-state index in [2.05, 4.69) is 15.0 Å². The monoisotopic (exact) mass is 479 g/mol. The van der Waals surface area contributed by atoms with Gasteiger partial charge < -0.3 is 4.90 Å². The van der Waals surface area contributed by atoms with Crippen LogP contribution in [-0.2, 0) is 15.8 Å². The molecule has 0 bridgehead atoms. The van der Waals surface area contributed by atoms with Crippen LogP contribution in [0.3, 0.4) is 0 Å². The lowest BCUT2D eigenvalue weighted by molar-refractivity contribution is 0.0692. The van der Waals surface area contributed by atoms with Crippen molar-refractivity contribution in [1.29, 1.82) is 0 Å². The van der Waals surface area contributed by atoms with Crippen LogP contribution >= 0.6 is 11.3 Å². The normalized spacial score (nSPS) is 15.1. The summed E-state index contributed by atoms with van der Waals surface area (Å²) in [6.07, 6.45) is 3.04. The Morgan fingerprint density at radius 1 is 0.909 bits per heavy atom. The van der Waals surface area contributed by atoms with Crippen LogP contribution in [0.25, 0.3) is 20.9 Å². The maximum absolute atomic E-state index is 13.3. The third-order valence-corrected chi connectivity index (χ3v) is 8.40. The van der Waals surface area contributed by atoms with Crippen LogP contribution in [0.2, 0.25) is 0 Å². The summed E-state index contributed by atoms with van der Waals surface area (Å²) in [6, 6.07) is 16.9. The maximum atomic E-state index is 13.3. The van der Waals surface area contributed by atoms with Gasteiger partial charge in [-0.2, -0.15) is 4.31 Å². The summed E-state index contributed by atoms with van der Waals surface area (Å²) in [7, 11) is -3.46. The molecule has 33 heavy (non-hydrogen) atoms. The second-order valence-corrected chi connectivity index (χ2v) is 10.7. The zero-order valence-electron chi connectivity index (χ0n) is 17.7. The molecule has 1 saturated heterocycles. The number of carbonyl (C=O) groups is 1. The number of nitrogens with zero attached hydrogens (tertiary/aromatic N) is 5. The summed E-state index contributed by atoms with van der Waals surface area (Å²) in [4.78, 5) is 28.2. The first-order valence-electron chi connectivity index (χ1n) is 10.5. The van der Waals surface area contributed by atoms with Gasteiger partial charge in [-0.25, -0.2) is 23.4 Å². The number of hydrogen-bond donors (Lipinski definition) is 0. The second kappa shape index (κ2) is 8.97. The Balaban J connectivity index is 1.32. The standard InChI is InChI=1S/C23H21N5O3S2/c29-23(21-20(24-10-11-25-21)22-26-18-8-4-5-9-19(18)32-22)27-12-14-28(15-13-27)33(30,31)16-17-6-2-1-3-7-17/h1-11H,12-16H2. The van der Waals surface area contributed by atoms with E-state index in [-0.39, 0.29) is 30.4 Å². The first-order valence-corrected chi connectivity index (χ1v) is 12.9. The van der Waals surface area contributed by atoms with E-state index in [1.165, 1.54) is 21.8 Å². The fraction of sp³-hybridized carbons (Fsp3) is 0.217. The van der Waals surface area contributed by atoms with E-state index in [4.69, 9.17) is 0 Å². The Morgan fingerprint density at radius 3 is 2.36 bits per heavy atom. The van der Waals surface area contributed by atoms with E-state index < -0.39 is 10.0 Å². The quantitative estimate of drug-likeness (QED) is 0.437. The average Bonchev–Trinajstić information content (AvgIpc) is 3.28. The van der Waals surface area contributed by atoms with Gasteiger partial charge in [0.2, 0.25) is 10.0 Å². The van der Waals surface area contributed by atoms with Crippen molar-refractivity contribution in [2.24, 2.45) is 0 Å². The summed E-state index contributed by atoms with van der Waals surface area (Å²) in [5.41, 5.74) is 2.27. The fourth-order valence-electron chi connectivity index (χ4n) is 3.82. The molecule has 0 atom stereocenters. The molecule has 2 aromatic heterocycles. The minimum Gasteiger partial charge on any atom is -0.335 e. The van der Waals surface area contributed by atoms with Crippen LogP contribution in [0, 0.1) is 0 Å². The smallest absolute Gasteiger partial charge is 0.274 e. The van der Waals surface area contributed by atoms with Crippen LogP contribution < -0.4 is 0 Å².